The van der Waals surface area contributed by atoms with Crippen LogP contribution in [0.15, 0.2) is 12.1 Å². The van der Waals surface area contributed by atoms with Crippen LogP contribution in [-0.4, -0.2) is 12.1 Å². The predicted octanol–water partition coefficient (Wildman–Crippen LogP) is 3.31. The Labute approximate surface area is 92.5 Å². The number of ether oxygens (including phenoxy) is 1. The van der Waals surface area contributed by atoms with E-state index >= 15 is 0 Å². The first-order valence-corrected chi connectivity index (χ1v) is 4.95. The summed E-state index contributed by atoms with van der Waals surface area (Å²) in [6.45, 7) is 3.97. The zero-order valence-electron chi connectivity index (χ0n) is 9.43. The summed E-state index contributed by atoms with van der Waals surface area (Å²) in [6.07, 6.45) is -3.78. The maximum atomic E-state index is 12.4. The molecule has 0 atom stereocenters. The fraction of sp³-hybridized carbons (Fsp3) is 0.545. The van der Waals surface area contributed by atoms with Gasteiger partial charge in [-0.05, 0) is 18.4 Å². The normalized spacial score (nSPS) is 11.9. The quantitative estimate of drug-likeness (QED) is 0.799. The van der Waals surface area contributed by atoms with Crippen molar-refractivity contribution in [2.75, 3.05) is 7.11 Å². The Balaban J connectivity index is 3.07. The number of pyridine rings is 1. The number of aromatic nitrogens is 1. The van der Waals surface area contributed by atoms with Gasteiger partial charge in [0.1, 0.15) is 5.69 Å². The number of alkyl halides is 3. The maximum absolute atomic E-state index is 12.4. The average Bonchev–Trinajstić information content (AvgIpc) is 2.15. The highest BCUT2D eigenvalue weighted by atomic mass is 19.4. The molecule has 0 saturated heterocycles. The molecule has 0 saturated carbocycles. The summed E-state index contributed by atoms with van der Waals surface area (Å²) in [5, 5.41) is 0. The van der Waals surface area contributed by atoms with Crippen LogP contribution in [-0.2, 0) is 12.6 Å². The first kappa shape index (κ1) is 12.8. The van der Waals surface area contributed by atoms with Gasteiger partial charge in [-0.25, -0.2) is 4.98 Å². The van der Waals surface area contributed by atoms with Crippen molar-refractivity contribution in [3.05, 3.63) is 23.4 Å². The van der Waals surface area contributed by atoms with Crippen molar-refractivity contribution in [3.63, 3.8) is 0 Å². The predicted molar refractivity (Wildman–Crippen MR) is 54.3 cm³/mol. The van der Waals surface area contributed by atoms with Gasteiger partial charge in [-0.15, -0.1) is 0 Å². The summed E-state index contributed by atoms with van der Waals surface area (Å²) in [5.41, 5.74) is -0.220. The molecule has 16 heavy (non-hydrogen) atoms. The van der Waals surface area contributed by atoms with E-state index in [9.17, 15) is 13.2 Å². The van der Waals surface area contributed by atoms with Crippen molar-refractivity contribution in [1.29, 1.82) is 0 Å². The summed E-state index contributed by atoms with van der Waals surface area (Å²) in [4.78, 5) is 3.47. The zero-order chi connectivity index (χ0) is 12.3. The number of hydrogen-bond acceptors (Lipinski definition) is 2. The molecule has 0 unspecified atom stereocenters. The zero-order valence-corrected chi connectivity index (χ0v) is 9.43. The molecule has 0 spiro atoms. The maximum Gasteiger partial charge on any atom is 0.433 e. The highest BCUT2D eigenvalue weighted by Crippen LogP contribution is 2.30. The molecule has 0 bridgehead atoms. The van der Waals surface area contributed by atoms with Crippen LogP contribution in [0.2, 0.25) is 0 Å². The molecule has 2 nitrogen and oxygen atoms in total. The van der Waals surface area contributed by atoms with Gasteiger partial charge >= 0.3 is 6.18 Å². The monoisotopic (exact) mass is 233 g/mol. The second-order valence-corrected chi connectivity index (χ2v) is 3.96. The van der Waals surface area contributed by atoms with Gasteiger partial charge in [-0.2, -0.15) is 13.2 Å². The van der Waals surface area contributed by atoms with E-state index in [0.29, 0.717) is 17.9 Å². The second-order valence-electron chi connectivity index (χ2n) is 3.96. The fourth-order valence-electron chi connectivity index (χ4n) is 1.40. The lowest BCUT2D eigenvalue weighted by molar-refractivity contribution is -0.141. The van der Waals surface area contributed by atoms with E-state index in [-0.39, 0.29) is 5.88 Å². The smallest absolute Gasteiger partial charge is 0.433 e. The van der Waals surface area contributed by atoms with Gasteiger partial charge < -0.3 is 4.74 Å². The number of methoxy groups -OCH3 is 1. The van der Waals surface area contributed by atoms with Gasteiger partial charge in [0.15, 0.2) is 0 Å². The highest BCUT2D eigenvalue weighted by Gasteiger charge is 2.33. The molecule has 0 fully saturated rings. The van der Waals surface area contributed by atoms with Crippen molar-refractivity contribution in [3.8, 4) is 5.88 Å². The Kier molecular flexibility index (Phi) is 3.78. The van der Waals surface area contributed by atoms with Crippen LogP contribution in [0.1, 0.15) is 25.1 Å². The summed E-state index contributed by atoms with van der Waals surface area (Å²) in [5.74, 6) is 0.399. The molecule has 1 aromatic rings. The van der Waals surface area contributed by atoms with Crippen LogP contribution < -0.4 is 4.74 Å². The number of nitrogens with zero attached hydrogens (tertiary/aromatic N) is 1. The third-order valence-corrected chi connectivity index (χ3v) is 2.05. The molecule has 0 aliphatic carbocycles. The van der Waals surface area contributed by atoms with E-state index in [1.54, 1.807) is 0 Å². The van der Waals surface area contributed by atoms with Crippen molar-refractivity contribution >= 4 is 0 Å². The first-order chi connectivity index (χ1) is 7.34. The van der Waals surface area contributed by atoms with E-state index in [2.05, 4.69) is 4.98 Å². The van der Waals surface area contributed by atoms with Gasteiger partial charge in [-0.3, -0.25) is 0 Å². The highest BCUT2D eigenvalue weighted by molar-refractivity contribution is 5.29. The third kappa shape index (κ3) is 3.12. The summed E-state index contributed by atoms with van der Waals surface area (Å²) in [7, 11) is 1.33. The Hall–Kier alpha value is -1.26. The molecular weight excluding hydrogens is 219 g/mol. The Morgan fingerprint density at radius 1 is 1.31 bits per heavy atom. The van der Waals surface area contributed by atoms with Gasteiger partial charge in [0.05, 0.1) is 7.11 Å². The molecule has 90 valence electrons. The van der Waals surface area contributed by atoms with Crippen molar-refractivity contribution < 1.29 is 17.9 Å². The Morgan fingerprint density at radius 2 is 1.94 bits per heavy atom. The largest absolute Gasteiger partial charge is 0.481 e. The third-order valence-electron chi connectivity index (χ3n) is 2.05. The average molecular weight is 233 g/mol. The van der Waals surface area contributed by atoms with Crippen LogP contribution in [0.5, 0.6) is 5.88 Å². The molecule has 5 heteroatoms. The van der Waals surface area contributed by atoms with Crippen LogP contribution in [0.25, 0.3) is 0 Å². The van der Waals surface area contributed by atoms with Crippen molar-refractivity contribution in [2.45, 2.75) is 26.4 Å². The van der Waals surface area contributed by atoms with Crippen LogP contribution in [0.4, 0.5) is 13.2 Å². The topological polar surface area (TPSA) is 22.1 Å². The van der Waals surface area contributed by atoms with E-state index in [0.717, 1.165) is 6.07 Å². The van der Waals surface area contributed by atoms with E-state index < -0.39 is 11.9 Å². The van der Waals surface area contributed by atoms with E-state index in [1.807, 2.05) is 13.8 Å². The molecule has 0 radical (unpaired) electrons. The lowest BCUT2D eigenvalue weighted by atomic mass is 10.0. The number of halogens is 3. The van der Waals surface area contributed by atoms with Crippen LogP contribution in [0.3, 0.4) is 0 Å². The minimum atomic E-state index is -4.43. The van der Waals surface area contributed by atoms with Crippen molar-refractivity contribution in [1.82, 2.24) is 4.98 Å². The fourth-order valence-corrected chi connectivity index (χ4v) is 1.40. The minimum absolute atomic E-state index is 0.0588. The van der Waals surface area contributed by atoms with E-state index in [4.69, 9.17) is 4.74 Å². The summed E-state index contributed by atoms with van der Waals surface area (Å²) in [6, 6.07) is 2.41. The van der Waals surface area contributed by atoms with Gasteiger partial charge in [-0.1, -0.05) is 19.9 Å². The SMILES string of the molecule is COc1nc(C(F)(F)F)ccc1CC(C)C. The number of hydrogen-bond donors (Lipinski definition) is 0. The molecular formula is C11H14F3NO. The lowest BCUT2D eigenvalue weighted by Crippen LogP contribution is -2.10. The molecule has 1 aromatic heterocycles. The molecule has 0 aliphatic rings. The molecule has 1 rings (SSSR count). The molecule has 0 amide bonds. The van der Waals surface area contributed by atoms with Gasteiger partial charge in [0.2, 0.25) is 5.88 Å². The Morgan fingerprint density at radius 3 is 2.38 bits per heavy atom. The standard InChI is InChI=1S/C11H14F3NO/c1-7(2)6-8-4-5-9(11(12,13)14)15-10(8)16-3/h4-5,7H,6H2,1-3H3. The first-order valence-electron chi connectivity index (χ1n) is 4.95. The number of rotatable bonds is 3. The van der Waals surface area contributed by atoms with E-state index in [1.165, 1.54) is 13.2 Å². The van der Waals surface area contributed by atoms with Crippen LogP contribution >= 0.6 is 0 Å². The minimum Gasteiger partial charge on any atom is -0.481 e. The lowest BCUT2D eigenvalue weighted by Gasteiger charge is -2.12. The Bertz CT molecular complexity index is 361. The molecule has 0 aliphatic heterocycles. The summed E-state index contributed by atoms with van der Waals surface area (Å²) < 4.78 is 42.0. The summed E-state index contributed by atoms with van der Waals surface area (Å²) >= 11 is 0. The second kappa shape index (κ2) is 4.72. The van der Waals surface area contributed by atoms with Crippen LogP contribution in [0, 0.1) is 5.92 Å². The van der Waals surface area contributed by atoms with Crippen molar-refractivity contribution in [2.24, 2.45) is 5.92 Å². The van der Waals surface area contributed by atoms with Gasteiger partial charge in [0, 0.05) is 5.56 Å². The molecule has 1 heterocycles. The van der Waals surface area contributed by atoms with Gasteiger partial charge in [0.25, 0.3) is 0 Å². The molecule has 0 aromatic carbocycles. The molecule has 0 N–H and O–H groups in total.